The van der Waals surface area contributed by atoms with Gasteiger partial charge in [0.2, 0.25) is 0 Å². The molecule has 2 N–H and O–H groups in total. The Labute approximate surface area is 98.7 Å². The number of benzene rings is 1. The Bertz CT molecular complexity index is 611. The molecule has 0 aliphatic carbocycles. The highest BCUT2D eigenvalue weighted by atomic mass is 15.1. The number of anilines is 1. The van der Waals surface area contributed by atoms with E-state index in [1.165, 1.54) is 5.39 Å². The van der Waals surface area contributed by atoms with Gasteiger partial charge in [-0.25, -0.2) is 0 Å². The Morgan fingerprint density at radius 1 is 1.12 bits per heavy atom. The summed E-state index contributed by atoms with van der Waals surface area (Å²) in [5.41, 5.74) is 2.09. The number of H-pyrrole nitrogens is 1. The Kier molecular flexibility index (Phi) is 2.46. The molecule has 2 heterocycles. The molecule has 3 rings (SSSR count). The number of aromatic amines is 1. The van der Waals surface area contributed by atoms with Crippen molar-refractivity contribution in [1.82, 2.24) is 15.2 Å². The van der Waals surface area contributed by atoms with Gasteiger partial charge in [0.25, 0.3) is 0 Å². The molecule has 0 amide bonds. The first-order chi connectivity index (χ1) is 8.43. The van der Waals surface area contributed by atoms with E-state index < -0.39 is 0 Å². The summed E-state index contributed by atoms with van der Waals surface area (Å²) in [6.45, 7) is 0.718. The van der Waals surface area contributed by atoms with Gasteiger partial charge in [0, 0.05) is 23.2 Å². The number of rotatable bonds is 3. The molecule has 0 radical (unpaired) electrons. The van der Waals surface area contributed by atoms with Gasteiger partial charge in [-0.1, -0.05) is 24.3 Å². The zero-order chi connectivity index (χ0) is 11.5. The predicted octanol–water partition coefficient (Wildman–Crippen LogP) is 2.57. The van der Waals surface area contributed by atoms with Crippen molar-refractivity contribution in [3.63, 3.8) is 0 Å². The van der Waals surface area contributed by atoms with Gasteiger partial charge >= 0.3 is 0 Å². The van der Waals surface area contributed by atoms with Crippen molar-refractivity contribution < 1.29 is 0 Å². The van der Waals surface area contributed by atoms with Crippen LogP contribution >= 0.6 is 0 Å². The van der Waals surface area contributed by atoms with Gasteiger partial charge in [-0.15, -0.1) is 0 Å². The average molecular weight is 224 g/mol. The molecule has 84 valence electrons. The summed E-state index contributed by atoms with van der Waals surface area (Å²) in [6, 6.07) is 10.1. The van der Waals surface area contributed by atoms with Crippen LogP contribution in [0.1, 0.15) is 5.69 Å². The van der Waals surface area contributed by atoms with Gasteiger partial charge in [-0.3, -0.25) is 10.1 Å². The second-order valence-corrected chi connectivity index (χ2v) is 3.84. The standard InChI is InChI=1S/C13H12N4/c1-2-4-12-10(3-1)7-14-9-13(12)15-8-11-5-6-16-17-11/h1-7,9,15H,8H2,(H,16,17). The highest BCUT2D eigenvalue weighted by Crippen LogP contribution is 2.21. The van der Waals surface area contributed by atoms with Crippen molar-refractivity contribution in [3.05, 3.63) is 54.6 Å². The maximum Gasteiger partial charge on any atom is 0.0609 e. The van der Waals surface area contributed by atoms with E-state index in [2.05, 4.69) is 32.6 Å². The van der Waals surface area contributed by atoms with Gasteiger partial charge in [-0.2, -0.15) is 5.10 Å². The fourth-order valence-corrected chi connectivity index (χ4v) is 1.83. The van der Waals surface area contributed by atoms with Crippen LogP contribution in [0.4, 0.5) is 5.69 Å². The quantitative estimate of drug-likeness (QED) is 0.719. The van der Waals surface area contributed by atoms with Crippen molar-refractivity contribution in [2.75, 3.05) is 5.32 Å². The first kappa shape index (κ1) is 9.84. The second kappa shape index (κ2) is 4.25. The van der Waals surface area contributed by atoms with Crippen molar-refractivity contribution in [3.8, 4) is 0 Å². The molecule has 0 bridgehead atoms. The number of nitrogens with one attached hydrogen (secondary N) is 2. The number of nitrogens with zero attached hydrogens (tertiary/aromatic N) is 2. The lowest BCUT2D eigenvalue weighted by atomic mass is 10.1. The van der Waals surface area contributed by atoms with Crippen molar-refractivity contribution in [2.24, 2.45) is 0 Å². The molecule has 1 aromatic carbocycles. The summed E-state index contributed by atoms with van der Waals surface area (Å²) in [4.78, 5) is 4.22. The number of aromatic nitrogens is 3. The van der Waals surface area contributed by atoms with E-state index in [4.69, 9.17) is 0 Å². The molecule has 0 aliphatic rings. The number of hydrogen-bond donors (Lipinski definition) is 2. The Morgan fingerprint density at radius 2 is 2.06 bits per heavy atom. The fraction of sp³-hybridized carbons (Fsp3) is 0.0769. The molecule has 0 spiro atoms. The maximum atomic E-state index is 4.22. The third-order valence-corrected chi connectivity index (χ3v) is 2.70. The van der Waals surface area contributed by atoms with Crippen LogP contribution in [-0.4, -0.2) is 15.2 Å². The molecular formula is C13H12N4. The topological polar surface area (TPSA) is 53.6 Å². The summed E-state index contributed by atoms with van der Waals surface area (Å²) < 4.78 is 0. The van der Waals surface area contributed by atoms with E-state index in [1.54, 1.807) is 6.20 Å². The minimum atomic E-state index is 0.718. The van der Waals surface area contributed by atoms with Crippen LogP contribution in [0, 0.1) is 0 Å². The molecule has 0 aliphatic heterocycles. The van der Waals surface area contributed by atoms with Gasteiger partial charge in [0.1, 0.15) is 0 Å². The van der Waals surface area contributed by atoms with Gasteiger partial charge in [0.05, 0.1) is 24.1 Å². The second-order valence-electron chi connectivity index (χ2n) is 3.84. The number of fused-ring (bicyclic) bond motifs is 1. The Hall–Kier alpha value is -2.36. The first-order valence-electron chi connectivity index (χ1n) is 5.48. The molecule has 2 aromatic heterocycles. The molecule has 0 atom stereocenters. The lowest BCUT2D eigenvalue weighted by Gasteiger charge is -2.07. The SMILES string of the molecule is c1ccc2c(NCc3ccn[nH]3)cncc2c1. The van der Waals surface area contributed by atoms with Crippen LogP contribution in [0.5, 0.6) is 0 Å². The third kappa shape index (κ3) is 1.97. The number of pyridine rings is 1. The Balaban J connectivity index is 1.90. The zero-order valence-corrected chi connectivity index (χ0v) is 9.22. The van der Waals surface area contributed by atoms with E-state index in [-0.39, 0.29) is 0 Å². The molecule has 4 nitrogen and oxygen atoms in total. The lowest BCUT2D eigenvalue weighted by molar-refractivity contribution is 0.981. The van der Waals surface area contributed by atoms with Gasteiger partial charge < -0.3 is 5.32 Å². The summed E-state index contributed by atoms with van der Waals surface area (Å²) in [5.74, 6) is 0. The van der Waals surface area contributed by atoms with Crippen molar-refractivity contribution >= 4 is 16.5 Å². The molecule has 17 heavy (non-hydrogen) atoms. The normalized spacial score (nSPS) is 10.6. The van der Waals surface area contributed by atoms with E-state index in [9.17, 15) is 0 Å². The summed E-state index contributed by atoms with van der Waals surface area (Å²) in [6.07, 6.45) is 5.47. The predicted molar refractivity (Wildman–Crippen MR) is 67.7 cm³/mol. The van der Waals surface area contributed by atoms with Gasteiger partial charge in [-0.05, 0) is 6.07 Å². The highest BCUT2D eigenvalue weighted by molar-refractivity contribution is 5.92. The van der Waals surface area contributed by atoms with Crippen LogP contribution in [-0.2, 0) is 6.54 Å². The van der Waals surface area contributed by atoms with Crippen LogP contribution in [0.2, 0.25) is 0 Å². The fourth-order valence-electron chi connectivity index (χ4n) is 1.83. The number of hydrogen-bond acceptors (Lipinski definition) is 3. The van der Waals surface area contributed by atoms with Crippen molar-refractivity contribution in [2.45, 2.75) is 6.54 Å². The molecule has 0 saturated carbocycles. The molecule has 4 heteroatoms. The Morgan fingerprint density at radius 3 is 2.94 bits per heavy atom. The van der Waals surface area contributed by atoms with Crippen molar-refractivity contribution in [1.29, 1.82) is 0 Å². The first-order valence-corrected chi connectivity index (χ1v) is 5.48. The summed E-state index contributed by atoms with van der Waals surface area (Å²) in [5, 5.41) is 12.5. The molecule has 0 unspecified atom stereocenters. The molecule has 0 fully saturated rings. The summed E-state index contributed by atoms with van der Waals surface area (Å²) in [7, 11) is 0. The van der Waals surface area contributed by atoms with Crippen LogP contribution in [0.25, 0.3) is 10.8 Å². The lowest BCUT2D eigenvalue weighted by Crippen LogP contribution is -2.00. The minimum Gasteiger partial charge on any atom is -0.378 e. The summed E-state index contributed by atoms with van der Waals surface area (Å²) >= 11 is 0. The largest absolute Gasteiger partial charge is 0.378 e. The van der Waals surface area contributed by atoms with Crippen LogP contribution < -0.4 is 5.32 Å². The van der Waals surface area contributed by atoms with Gasteiger partial charge in [0.15, 0.2) is 0 Å². The van der Waals surface area contributed by atoms with E-state index >= 15 is 0 Å². The molecule has 0 saturated heterocycles. The average Bonchev–Trinajstić information content (AvgIpc) is 2.89. The molecular weight excluding hydrogens is 212 g/mol. The minimum absolute atomic E-state index is 0.718. The third-order valence-electron chi connectivity index (χ3n) is 2.70. The maximum absolute atomic E-state index is 4.22. The van der Waals surface area contributed by atoms with E-state index in [0.29, 0.717) is 0 Å². The smallest absolute Gasteiger partial charge is 0.0609 e. The zero-order valence-electron chi connectivity index (χ0n) is 9.22. The highest BCUT2D eigenvalue weighted by Gasteiger charge is 2.00. The monoisotopic (exact) mass is 224 g/mol. The van der Waals surface area contributed by atoms with E-state index in [0.717, 1.165) is 23.3 Å². The van der Waals surface area contributed by atoms with E-state index in [1.807, 2.05) is 30.6 Å². The van der Waals surface area contributed by atoms with Crippen LogP contribution in [0.15, 0.2) is 48.9 Å². The van der Waals surface area contributed by atoms with Crippen LogP contribution in [0.3, 0.4) is 0 Å². The molecule has 3 aromatic rings.